The van der Waals surface area contributed by atoms with E-state index in [2.05, 4.69) is 15.5 Å². The van der Waals surface area contributed by atoms with Crippen molar-refractivity contribution < 1.29 is 4.52 Å². The molecule has 0 radical (unpaired) electrons. The van der Waals surface area contributed by atoms with Crippen molar-refractivity contribution in [3.05, 3.63) is 11.7 Å². The van der Waals surface area contributed by atoms with Gasteiger partial charge in [-0.1, -0.05) is 11.6 Å². The van der Waals surface area contributed by atoms with Crippen LogP contribution in [0.5, 0.6) is 0 Å². The molecule has 1 saturated carbocycles. The zero-order valence-electron chi connectivity index (χ0n) is 9.32. The SMILES string of the molecule is C1CCC(c2nc(CC3CC3)no2)NC1.Cl. The Morgan fingerprint density at radius 3 is 2.81 bits per heavy atom. The summed E-state index contributed by atoms with van der Waals surface area (Å²) in [4.78, 5) is 4.47. The Balaban J connectivity index is 0.000000963. The van der Waals surface area contributed by atoms with Crippen LogP contribution in [0.1, 0.15) is 49.9 Å². The Bertz CT molecular complexity index is 332. The molecule has 1 aromatic heterocycles. The van der Waals surface area contributed by atoms with Crippen LogP contribution in [-0.4, -0.2) is 16.7 Å². The zero-order chi connectivity index (χ0) is 10.1. The lowest BCUT2D eigenvalue weighted by molar-refractivity contribution is 0.295. The maximum atomic E-state index is 5.31. The molecule has 1 saturated heterocycles. The van der Waals surface area contributed by atoms with Crippen molar-refractivity contribution in [1.82, 2.24) is 15.5 Å². The lowest BCUT2D eigenvalue weighted by Crippen LogP contribution is -2.27. The first-order valence-electron chi connectivity index (χ1n) is 5.97. The third kappa shape index (κ3) is 2.74. The third-order valence-electron chi connectivity index (χ3n) is 3.26. The van der Waals surface area contributed by atoms with Gasteiger partial charge in [0, 0.05) is 6.42 Å². The molecule has 2 aliphatic rings. The third-order valence-corrected chi connectivity index (χ3v) is 3.26. The average Bonchev–Trinajstić information content (AvgIpc) is 2.96. The summed E-state index contributed by atoms with van der Waals surface area (Å²) in [6.45, 7) is 1.07. The molecule has 0 spiro atoms. The van der Waals surface area contributed by atoms with Crippen molar-refractivity contribution in [2.24, 2.45) is 5.92 Å². The summed E-state index contributed by atoms with van der Waals surface area (Å²) in [6.07, 6.45) is 7.34. The molecule has 4 nitrogen and oxygen atoms in total. The van der Waals surface area contributed by atoms with Crippen LogP contribution in [0.25, 0.3) is 0 Å². The number of halogens is 1. The number of piperidine rings is 1. The first-order chi connectivity index (χ1) is 7.42. The summed E-state index contributed by atoms with van der Waals surface area (Å²) in [5.74, 6) is 2.53. The minimum atomic E-state index is 0. The monoisotopic (exact) mass is 243 g/mol. The maximum Gasteiger partial charge on any atom is 0.243 e. The molecule has 1 atom stereocenters. The van der Waals surface area contributed by atoms with E-state index in [1.54, 1.807) is 0 Å². The summed E-state index contributed by atoms with van der Waals surface area (Å²) < 4.78 is 5.31. The summed E-state index contributed by atoms with van der Waals surface area (Å²) in [5.41, 5.74) is 0. The predicted molar refractivity (Wildman–Crippen MR) is 62.6 cm³/mol. The highest BCUT2D eigenvalue weighted by Gasteiger charge is 2.26. The molecular weight excluding hydrogens is 226 g/mol. The van der Waals surface area contributed by atoms with Crippen molar-refractivity contribution in [2.45, 2.75) is 44.6 Å². The van der Waals surface area contributed by atoms with Gasteiger partial charge in [0.15, 0.2) is 5.82 Å². The number of nitrogens with zero attached hydrogens (tertiary/aromatic N) is 2. The molecular formula is C11H18ClN3O. The number of hydrogen-bond acceptors (Lipinski definition) is 4. The average molecular weight is 244 g/mol. The smallest absolute Gasteiger partial charge is 0.243 e. The first kappa shape index (κ1) is 11.9. The fraction of sp³-hybridized carbons (Fsp3) is 0.818. The molecule has 0 amide bonds. The van der Waals surface area contributed by atoms with Crippen LogP contribution < -0.4 is 5.32 Å². The van der Waals surface area contributed by atoms with Gasteiger partial charge in [-0.05, 0) is 38.1 Å². The Hall–Kier alpha value is -0.610. The van der Waals surface area contributed by atoms with E-state index in [4.69, 9.17) is 4.52 Å². The summed E-state index contributed by atoms with van der Waals surface area (Å²) in [7, 11) is 0. The van der Waals surface area contributed by atoms with Gasteiger partial charge >= 0.3 is 0 Å². The molecule has 1 aliphatic carbocycles. The summed E-state index contributed by atoms with van der Waals surface area (Å²) >= 11 is 0. The fourth-order valence-corrected chi connectivity index (χ4v) is 2.13. The normalized spacial score (nSPS) is 25.1. The van der Waals surface area contributed by atoms with E-state index in [0.29, 0.717) is 6.04 Å². The highest BCUT2D eigenvalue weighted by Crippen LogP contribution is 2.32. The molecule has 2 heterocycles. The van der Waals surface area contributed by atoms with Crippen LogP contribution >= 0.6 is 12.4 Å². The van der Waals surface area contributed by atoms with Crippen molar-refractivity contribution in [2.75, 3.05) is 6.54 Å². The number of hydrogen-bond donors (Lipinski definition) is 1. The van der Waals surface area contributed by atoms with E-state index in [1.807, 2.05) is 0 Å². The molecule has 2 fully saturated rings. The molecule has 1 aliphatic heterocycles. The fourth-order valence-electron chi connectivity index (χ4n) is 2.13. The van der Waals surface area contributed by atoms with Crippen LogP contribution in [0.3, 0.4) is 0 Å². The van der Waals surface area contributed by atoms with Crippen LogP contribution in [0.2, 0.25) is 0 Å². The van der Waals surface area contributed by atoms with E-state index in [9.17, 15) is 0 Å². The van der Waals surface area contributed by atoms with E-state index in [0.717, 1.165) is 37.0 Å². The standard InChI is InChI=1S/C11H17N3O.ClH/c1-2-6-12-9(3-1)11-13-10(14-15-11)7-8-4-5-8;/h8-9,12H,1-7H2;1H. The highest BCUT2D eigenvalue weighted by molar-refractivity contribution is 5.85. The Morgan fingerprint density at radius 2 is 2.12 bits per heavy atom. The second kappa shape index (κ2) is 5.15. The van der Waals surface area contributed by atoms with Gasteiger partial charge < -0.3 is 9.84 Å². The molecule has 0 bridgehead atoms. The molecule has 0 aromatic carbocycles. The largest absolute Gasteiger partial charge is 0.338 e. The Kier molecular flexibility index (Phi) is 3.82. The second-order valence-electron chi connectivity index (χ2n) is 4.70. The van der Waals surface area contributed by atoms with Crippen LogP contribution in [0, 0.1) is 5.92 Å². The van der Waals surface area contributed by atoms with Gasteiger partial charge in [-0.25, -0.2) is 0 Å². The predicted octanol–water partition coefficient (Wildman–Crippen LogP) is 2.26. The van der Waals surface area contributed by atoms with E-state index >= 15 is 0 Å². The minimum Gasteiger partial charge on any atom is -0.338 e. The van der Waals surface area contributed by atoms with E-state index in [-0.39, 0.29) is 12.4 Å². The van der Waals surface area contributed by atoms with E-state index in [1.165, 1.54) is 25.7 Å². The first-order valence-corrected chi connectivity index (χ1v) is 5.97. The van der Waals surface area contributed by atoms with Gasteiger partial charge in [-0.15, -0.1) is 12.4 Å². The topological polar surface area (TPSA) is 51.0 Å². The van der Waals surface area contributed by atoms with Crippen LogP contribution in [0.15, 0.2) is 4.52 Å². The Labute approximate surface area is 102 Å². The van der Waals surface area contributed by atoms with Gasteiger partial charge in [0.05, 0.1) is 6.04 Å². The van der Waals surface area contributed by atoms with Gasteiger partial charge in [-0.2, -0.15) is 4.98 Å². The minimum absolute atomic E-state index is 0. The number of nitrogens with one attached hydrogen (secondary N) is 1. The van der Waals surface area contributed by atoms with E-state index < -0.39 is 0 Å². The molecule has 90 valence electrons. The molecule has 5 heteroatoms. The van der Waals surface area contributed by atoms with Crippen LogP contribution in [-0.2, 0) is 6.42 Å². The van der Waals surface area contributed by atoms with Gasteiger partial charge in [-0.3, -0.25) is 0 Å². The molecule has 16 heavy (non-hydrogen) atoms. The molecule has 1 N–H and O–H groups in total. The summed E-state index contributed by atoms with van der Waals surface area (Å²) in [5, 5.41) is 7.47. The maximum absolute atomic E-state index is 5.31. The van der Waals surface area contributed by atoms with Crippen LogP contribution in [0.4, 0.5) is 0 Å². The van der Waals surface area contributed by atoms with Gasteiger partial charge in [0.2, 0.25) is 5.89 Å². The molecule has 1 unspecified atom stereocenters. The molecule has 1 aromatic rings. The van der Waals surface area contributed by atoms with Crippen molar-refractivity contribution in [1.29, 1.82) is 0 Å². The number of aromatic nitrogens is 2. The quantitative estimate of drug-likeness (QED) is 0.885. The van der Waals surface area contributed by atoms with Crippen molar-refractivity contribution in [3.8, 4) is 0 Å². The van der Waals surface area contributed by atoms with Gasteiger partial charge in [0.1, 0.15) is 0 Å². The molecule has 3 rings (SSSR count). The van der Waals surface area contributed by atoms with Crippen molar-refractivity contribution in [3.63, 3.8) is 0 Å². The van der Waals surface area contributed by atoms with Gasteiger partial charge in [0.25, 0.3) is 0 Å². The van der Waals surface area contributed by atoms with Crippen molar-refractivity contribution >= 4 is 12.4 Å². The lowest BCUT2D eigenvalue weighted by atomic mass is 10.1. The Morgan fingerprint density at radius 1 is 1.25 bits per heavy atom. The number of rotatable bonds is 3. The zero-order valence-corrected chi connectivity index (χ0v) is 10.1. The lowest BCUT2D eigenvalue weighted by Gasteiger charge is -2.19. The highest BCUT2D eigenvalue weighted by atomic mass is 35.5. The second-order valence-corrected chi connectivity index (χ2v) is 4.70. The summed E-state index contributed by atoms with van der Waals surface area (Å²) in [6, 6.07) is 0.305.